The van der Waals surface area contributed by atoms with Gasteiger partial charge in [-0.25, -0.2) is 8.42 Å². The number of pyridine rings is 1. The van der Waals surface area contributed by atoms with Gasteiger partial charge >= 0.3 is 0 Å². The second-order valence-electron chi connectivity index (χ2n) is 4.70. The van der Waals surface area contributed by atoms with Crippen LogP contribution < -0.4 is 0 Å². The van der Waals surface area contributed by atoms with Crippen molar-refractivity contribution in [1.29, 1.82) is 0 Å². The summed E-state index contributed by atoms with van der Waals surface area (Å²) in [7, 11) is -1.86. The molecule has 2 rings (SSSR count). The molecule has 0 aliphatic heterocycles. The fourth-order valence-corrected chi connectivity index (χ4v) is 5.04. The molecule has 0 saturated heterocycles. The standard InChI is InChI=1S/C14H17ClN2O2S2/c1-11-9-14(20-13(11)10-15)21(18,19)17(2)8-6-12-5-3-4-7-16-12/h3-5,7,9H,6,8,10H2,1-2H3. The Labute approximate surface area is 134 Å². The van der Waals surface area contributed by atoms with Crippen LogP contribution in [-0.2, 0) is 22.3 Å². The number of nitrogens with zero attached hydrogens (tertiary/aromatic N) is 2. The number of aromatic nitrogens is 1. The van der Waals surface area contributed by atoms with Crippen LogP contribution in [0.1, 0.15) is 16.1 Å². The van der Waals surface area contributed by atoms with Crippen LogP contribution in [0.25, 0.3) is 0 Å². The summed E-state index contributed by atoms with van der Waals surface area (Å²) in [6, 6.07) is 7.31. The van der Waals surface area contributed by atoms with Crippen LogP contribution >= 0.6 is 22.9 Å². The Hall–Kier alpha value is -0.950. The highest BCUT2D eigenvalue weighted by Gasteiger charge is 2.23. The maximum absolute atomic E-state index is 12.5. The largest absolute Gasteiger partial charge is 0.261 e. The molecule has 0 bridgehead atoms. The topological polar surface area (TPSA) is 50.3 Å². The van der Waals surface area contributed by atoms with E-state index in [-0.39, 0.29) is 0 Å². The summed E-state index contributed by atoms with van der Waals surface area (Å²) in [5, 5.41) is 0. The van der Waals surface area contributed by atoms with Crippen LogP contribution in [0.15, 0.2) is 34.7 Å². The molecule has 0 aliphatic carbocycles. The molecule has 2 aromatic rings. The molecular weight excluding hydrogens is 328 g/mol. The zero-order chi connectivity index (χ0) is 15.5. The Bertz CT molecular complexity index is 699. The van der Waals surface area contributed by atoms with E-state index in [0.29, 0.717) is 23.1 Å². The zero-order valence-corrected chi connectivity index (χ0v) is 14.3. The Morgan fingerprint density at radius 2 is 2.14 bits per heavy atom. The Kier molecular flexibility index (Phi) is 5.37. The van der Waals surface area contributed by atoms with E-state index in [0.717, 1.165) is 16.1 Å². The van der Waals surface area contributed by atoms with Gasteiger partial charge in [-0.1, -0.05) is 6.07 Å². The van der Waals surface area contributed by atoms with E-state index in [1.165, 1.54) is 15.6 Å². The number of rotatable bonds is 6. The van der Waals surface area contributed by atoms with E-state index in [9.17, 15) is 8.42 Å². The van der Waals surface area contributed by atoms with Crippen LogP contribution in [0, 0.1) is 6.92 Å². The van der Waals surface area contributed by atoms with E-state index in [1.54, 1.807) is 19.3 Å². The Balaban J connectivity index is 2.11. The van der Waals surface area contributed by atoms with E-state index < -0.39 is 10.0 Å². The first-order chi connectivity index (χ1) is 9.95. The molecule has 4 nitrogen and oxygen atoms in total. The summed E-state index contributed by atoms with van der Waals surface area (Å²) in [6.45, 7) is 2.27. The maximum Gasteiger partial charge on any atom is 0.252 e. The minimum Gasteiger partial charge on any atom is -0.261 e. The van der Waals surface area contributed by atoms with E-state index in [2.05, 4.69) is 4.98 Å². The molecule has 0 N–H and O–H groups in total. The van der Waals surface area contributed by atoms with Crippen molar-refractivity contribution in [3.63, 3.8) is 0 Å². The summed E-state index contributed by atoms with van der Waals surface area (Å²) >= 11 is 7.05. The van der Waals surface area contributed by atoms with Crippen molar-refractivity contribution in [1.82, 2.24) is 9.29 Å². The number of hydrogen-bond donors (Lipinski definition) is 0. The summed E-state index contributed by atoms with van der Waals surface area (Å²) in [6.07, 6.45) is 2.29. The minimum absolute atomic E-state index is 0.337. The number of halogens is 1. The first-order valence-corrected chi connectivity index (χ1v) is 9.26. The molecule has 21 heavy (non-hydrogen) atoms. The molecule has 0 amide bonds. The van der Waals surface area contributed by atoms with Crippen LogP contribution in [0.4, 0.5) is 0 Å². The van der Waals surface area contributed by atoms with Gasteiger partial charge in [-0.2, -0.15) is 4.31 Å². The van der Waals surface area contributed by atoms with Crippen LogP contribution in [-0.4, -0.2) is 31.3 Å². The van der Waals surface area contributed by atoms with Gasteiger partial charge in [0.2, 0.25) is 0 Å². The second-order valence-corrected chi connectivity index (χ2v) is 8.38. The van der Waals surface area contributed by atoms with Crippen molar-refractivity contribution >= 4 is 33.0 Å². The molecule has 2 aromatic heterocycles. The molecule has 0 aliphatic rings. The first kappa shape index (κ1) is 16.4. The number of likely N-dealkylation sites (N-methyl/N-ethyl adjacent to an activating group) is 1. The molecule has 0 spiro atoms. The summed E-state index contributed by atoms with van der Waals surface area (Å²) in [5.41, 5.74) is 1.80. The quantitative estimate of drug-likeness (QED) is 0.757. The van der Waals surface area contributed by atoms with Gasteiger partial charge in [-0.15, -0.1) is 22.9 Å². The fourth-order valence-electron chi connectivity index (χ4n) is 1.84. The molecule has 7 heteroatoms. The van der Waals surface area contributed by atoms with E-state index >= 15 is 0 Å². The molecule has 2 heterocycles. The average molecular weight is 345 g/mol. The van der Waals surface area contributed by atoms with Crippen molar-refractivity contribution in [3.05, 3.63) is 46.6 Å². The molecule has 0 atom stereocenters. The predicted molar refractivity (Wildman–Crippen MR) is 86.4 cm³/mol. The van der Waals surface area contributed by atoms with Crippen molar-refractivity contribution in [3.8, 4) is 0 Å². The highest BCUT2D eigenvalue weighted by Crippen LogP contribution is 2.29. The Morgan fingerprint density at radius 3 is 2.71 bits per heavy atom. The predicted octanol–water partition coefficient (Wildman–Crippen LogP) is 3.05. The lowest BCUT2D eigenvalue weighted by Crippen LogP contribution is -2.28. The van der Waals surface area contributed by atoms with Gasteiger partial charge < -0.3 is 0 Å². The van der Waals surface area contributed by atoms with Gasteiger partial charge in [-0.3, -0.25) is 4.98 Å². The molecule has 114 valence electrons. The van der Waals surface area contributed by atoms with Crippen molar-refractivity contribution in [2.45, 2.75) is 23.4 Å². The van der Waals surface area contributed by atoms with E-state index in [1.807, 2.05) is 25.1 Å². The summed E-state index contributed by atoms with van der Waals surface area (Å²) < 4.78 is 26.7. The fraction of sp³-hybridized carbons (Fsp3) is 0.357. The number of aryl methyl sites for hydroxylation is 1. The third-order valence-corrected chi connectivity index (χ3v) is 7.16. The summed E-state index contributed by atoms with van der Waals surface area (Å²) in [4.78, 5) is 5.10. The van der Waals surface area contributed by atoms with Gasteiger partial charge in [-0.05, 0) is 30.7 Å². The first-order valence-electron chi connectivity index (χ1n) is 6.46. The molecular formula is C14H17ClN2O2S2. The van der Waals surface area contributed by atoms with Crippen molar-refractivity contribution in [2.75, 3.05) is 13.6 Å². The lowest BCUT2D eigenvalue weighted by molar-refractivity contribution is 0.472. The zero-order valence-electron chi connectivity index (χ0n) is 11.9. The SMILES string of the molecule is Cc1cc(S(=O)(=O)N(C)CCc2ccccn2)sc1CCl. The molecule has 0 radical (unpaired) electrons. The van der Waals surface area contributed by atoms with Crippen LogP contribution in [0.3, 0.4) is 0 Å². The molecule has 0 unspecified atom stereocenters. The van der Waals surface area contributed by atoms with E-state index in [4.69, 9.17) is 11.6 Å². The normalized spacial score (nSPS) is 12.0. The lowest BCUT2D eigenvalue weighted by atomic mass is 10.3. The summed E-state index contributed by atoms with van der Waals surface area (Å²) in [5.74, 6) is 0.337. The highest BCUT2D eigenvalue weighted by atomic mass is 35.5. The number of hydrogen-bond acceptors (Lipinski definition) is 4. The van der Waals surface area contributed by atoms with Gasteiger partial charge in [0.25, 0.3) is 10.0 Å². The van der Waals surface area contributed by atoms with Crippen LogP contribution in [0.2, 0.25) is 0 Å². The molecule has 0 saturated carbocycles. The number of alkyl halides is 1. The van der Waals surface area contributed by atoms with Gasteiger partial charge in [0.15, 0.2) is 0 Å². The monoisotopic (exact) mass is 344 g/mol. The number of thiophene rings is 1. The Morgan fingerprint density at radius 1 is 1.38 bits per heavy atom. The smallest absolute Gasteiger partial charge is 0.252 e. The van der Waals surface area contributed by atoms with Crippen LogP contribution in [0.5, 0.6) is 0 Å². The average Bonchev–Trinajstić information content (AvgIpc) is 2.87. The van der Waals surface area contributed by atoms with Gasteiger partial charge in [0, 0.05) is 36.8 Å². The van der Waals surface area contributed by atoms with Gasteiger partial charge in [0.05, 0.1) is 5.88 Å². The number of sulfonamides is 1. The molecule has 0 fully saturated rings. The lowest BCUT2D eigenvalue weighted by Gasteiger charge is -2.15. The molecule has 0 aromatic carbocycles. The second kappa shape index (κ2) is 6.87. The van der Waals surface area contributed by atoms with Crippen molar-refractivity contribution in [2.24, 2.45) is 0 Å². The van der Waals surface area contributed by atoms with Gasteiger partial charge in [0.1, 0.15) is 4.21 Å². The van der Waals surface area contributed by atoms with Crippen molar-refractivity contribution < 1.29 is 8.42 Å². The third kappa shape index (κ3) is 3.83. The minimum atomic E-state index is -3.46. The third-order valence-electron chi connectivity index (χ3n) is 3.19. The maximum atomic E-state index is 12.5. The highest BCUT2D eigenvalue weighted by molar-refractivity contribution is 7.91.